The van der Waals surface area contributed by atoms with E-state index in [1.165, 1.54) is 10.5 Å². The number of benzene rings is 3. The third kappa shape index (κ3) is 4.54. The van der Waals surface area contributed by atoms with Gasteiger partial charge < -0.3 is 10.1 Å². The van der Waals surface area contributed by atoms with Crippen LogP contribution in [0.2, 0.25) is 0 Å². The van der Waals surface area contributed by atoms with Crippen molar-refractivity contribution in [2.75, 3.05) is 19.8 Å². The second-order valence-corrected chi connectivity index (χ2v) is 9.21. The Kier molecular flexibility index (Phi) is 6.55. The van der Waals surface area contributed by atoms with E-state index in [1.54, 1.807) is 0 Å². The van der Waals surface area contributed by atoms with Gasteiger partial charge in [-0.1, -0.05) is 72.8 Å². The second kappa shape index (κ2) is 9.92. The number of hydrogen-bond donors (Lipinski definition) is 1. The maximum absolute atomic E-state index is 14.0. The number of ether oxygens (including phenoxy) is 1. The molecule has 0 aliphatic carbocycles. The molecule has 0 aromatic heterocycles. The highest BCUT2D eigenvalue weighted by atomic mass is 16.5. The molecule has 2 heterocycles. The minimum atomic E-state index is -1.12. The summed E-state index contributed by atoms with van der Waals surface area (Å²) in [7, 11) is 0. The van der Waals surface area contributed by atoms with E-state index in [0.29, 0.717) is 13.0 Å². The molecule has 2 saturated heterocycles. The van der Waals surface area contributed by atoms with E-state index in [9.17, 15) is 9.59 Å². The van der Waals surface area contributed by atoms with Crippen LogP contribution in [-0.4, -0.2) is 41.6 Å². The molecular weight excluding hydrogens is 438 g/mol. The lowest BCUT2D eigenvalue weighted by Crippen LogP contribution is -2.47. The number of carbonyl (C=O) groups excluding carboxylic acids is 2. The zero-order valence-corrected chi connectivity index (χ0v) is 20.0. The lowest BCUT2D eigenvalue weighted by Gasteiger charge is -2.30. The van der Waals surface area contributed by atoms with Crippen molar-refractivity contribution in [1.29, 1.82) is 0 Å². The first-order chi connectivity index (χ1) is 17.1. The Morgan fingerprint density at radius 2 is 1.63 bits per heavy atom. The predicted octanol–water partition coefficient (Wildman–Crippen LogP) is 4.87. The summed E-state index contributed by atoms with van der Waals surface area (Å²) in [5, 5.41) is 3.08. The maximum atomic E-state index is 14.0. The molecule has 2 aliphatic heterocycles. The summed E-state index contributed by atoms with van der Waals surface area (Å²) in [6.07, 6.45) is 2.42. The van der Waals surface area contributed by atoms with Gasteiger partial charge in [0.05, 0.1) is 13.3 Å². The third-order valence-corrected chi connectivity index (χ3v) is 7.02. The first-order valence-electron chi connectivity index (χ1n) is 12.3. The van der Waals surface area contributed by atoms with E-state index in [1.807, 2.05) is 79.7 Å². The number of nitrogens with zero attached hydrogens (tertiary/aromatic N) is 2. The summed E-state index contributed by atoms with van der Waals surface area (Å²) in [4.78, 5) is 30.9. The van der Waals surface area contributed by atoms with Crippen molar-refractivity contribution in [2.45, 2.75) is 37.8 Å². The van der Waals surface area contributed by atoms with Crippen LogP contribution < -0.4 is 10.1 Å². The number of carbonyl (C=O) groups is 2. The summed E-state index contributed by atoms with van der Waals surface area (Å²) in [5.41, 5.74) is 1.86. The van der Waals surface area contributed by atoms with Crippen molar-refractivity contribution in [3.05, 3.63) is 102 Å². The summed E-state index contributed by atoms with van der Waals surface area (Å²) in [5.74, 6) is 0.651. The molecule has 5 rings (SSSR count). The van der Waals surface area contributed by atoms with Gasteiger partial charge in [-0.3, -0.25) is 9.69 Å². The van der Waals surface area contributed by atoms with Crippen molar-refractivity contribution >= 4 is 11.9 Å². The molecule has 0 spiro atoms. The zero-order valence-electron chi connectivity index (χ0n) is 20.0. The van der Waals surface area contributed by atoms with Crippen molar-refractivity contribution in [2.24, 2.45) is 0 Å². The second-order valence-electron chi connectivity index (χ2n) is 9.21. The van der Waals surface area contributed by atoms with Crippen LogP contribution in [0.25, 0.3) is 0 Å². The molecule has 0 bridgehead atoms. The minimum absolute atomic E-state index is 0.159. The fraction of sp³-hybridized carbons (Fsp3) is 0.310. The lowest BCUT2D eigenvalue weighted by atomic mass is 9.83. The largest absolute Gasteiger partial charge is 0.494 e. The van der Waals surface area contributed by atoms with Crippen LogP contribution in [0, 0.1) is 0 Å². The van der Waals surface area contributed by atoms with Gasteiger partial charge in [0.2, 0.25) is 0 Å². The Bertz CT molecular complexity index is 1170. The minimum Gasteiger partial charge on any atom is -0.494 e. The summed E-state index contributed by atoms with van der Waals surface area (Å²) in [6, 6.07) is 27.4. The Morgan fingerprint density at radius 1 is 0.943 bits per heavy atom. The first-order valence-corrected chi connectivity index (χ1v) is 12.3. The van der Waals surface area contributed by atoms with Gasteiger partial charge in [-0.15, -0.1) is 0 Å². The van der Waals surface area contributed by atoms with Crippen LogP contribution in [0.1, 0.15) is 42.5 Å². The molecule has 35 heavy (non-hydrogen) atoms. The highest BCUT2D eigenvalue weighted by Crippen LogP contribution is 2.36. The topological polar surface area (TPSA) is 61.9 Å². The molecule has 0 unspecified atom stereocenters. The Balaban J connectivity index is 1.40. The average Bonchev–Trinajstić information content (AvgIpc) is 3.45. The van der Waals surface area contributed by atoms with E-state index in [0.717, 1.165) is 36.3 Å². The van der Waals surface area contributed by atoms with Gasteiger partial charge in [-0.25, -0.2) is 9.69 Å². The van der Waals surface area contributed by atoms with Crippen molar-refractivity contribution < 1.29 is 14.3 Å². The Morgan fingerprint density at radius 3 is 2.31 bits per heavy atom. The van der Waals surface area contributed by atoms with Crippen LogP contribution in [0.4, 0.5) is 4.79 Å². The van der Waals surface area contributed by atoms with Gasteiger partial charge in [0, 0.05) is 19.0 Å². The van der Waals surface area contributed by atoms with Crippen LogP contribution in [-0.2, 0) is 16.8 Å². The first kappa shape index (κ1) is 23.1. The number of imide groups is 1. The standard InChI is InChI=1S/C29H31N3O3/c1-2-35-25-17-15-23(16-18-25)26-14-9-19-31(26)21-32-27(33)29(30-28(32)34,24-12-7-4-8-13-24)20-22-10-5-3-6-11-22/h3-8,10-13,15-18,26H,2,9,14,19-21H2,1H3,(H,30,34)/t26-,29+/m1/s1. The van der Waals surface area contributed by atoms with Crippen LogP contribution in [0.5, 0.6) is 5.75 Å². The molecule has 180 valence electrons. The lowest BCUT2D eigenvalue weighted by molar-refractivity contribution is -0.133. The van der Waals surface area contributed by atoms with Crippen molar-refractivity contribution in [3.63, 3.8) is 0 Å². The van der Waals surface area contributed by atoms with Gasteiger partial charge in [-0.2, -0.15) is 0 Å². The number of rotatable bonds is 8. The van der Waals surface area contributed by atoms with Crippen LogP contribution >= 0.6 is 0 Å². The number of nitrogens with one attached hydrogen (secondary N) is 1. The average molecular weight is 470 g/mol. The van der Waals surface area contributed by atoms with E-state index in [2.05, 4.69) is 22.3 Å². The molecule has 2 fully saturated rings. The van der Waals surface area contributed by atoms with Crippen LogP contribution in [0.3, 0.4) is 0 Å². The quantitative estimate of drug-likeness (QED) is 0.478. The highest BCUT2D eigenvalue weighted by molar-refractivity contribution is 6.07. The molecule has 0 saturated carbocycles. The monoisotopic (exact) mass is 469 g/mol. The van der Waals surface area contributed by atoms with Gasteiger partial charge >= 0.3 is 6.03 Å². The number of amides is 3. The van der Waals surface area contributed by atoms with Crippen LogP contribution in [0.15, 0.2) is 84.9 Å². The molecule has 1 N–H and O–H groups in total. The van der Waals surface area contributed by atoms with Gasteiger partial charge in [0.25, 0.3) is 5.91 Å². The van der Waals surface area contributed by atoms with Crippen molar-refractivity contribution in [1.82, 2.24) is 15.1 Å². The molecule has 6 heteroatoms. The number of urea groups is 1. The molecular formula is C29H31N3O3. The fourth-order valence-corrected chi connectivity index (χ4v) is 5.30. The normalized spacial score (nSPS) is 22.4. The van der Waals surface area contributed by atoms with Crippen molar-refractivity contribution in [3.8, 4) is 5.75 Å². The van der Waals surface area contributed by atoms with Gasteiger partial charge in [0.1, 0.15) is 5.75 Å². The van der Waals surface area contributed by atoms with E-state index >= 15 is 0 Å². The van der Waals surface area contributed by atoms with E-state index in [-0.39, 0.29) is 24.6 Å². The Hall–Kier alpha value is -3.64. The third-order valence-electron chi connectivity index (χ3n) is 7.02. The summed E-state index contributed by atoms with van der Waals surface area (Å²) in [6.45, 7) is 3.71. The molecule has 6 nitrogen and oxygen atoms in total. The smallest absolute Gasteiger partial charge is 0.326 e. The highest BCUT2D eigenvalue weighted by Gasteiger charge is 2.53. The number of likely N-dealkylation sites (tertiary alicyclic amines) is 1. The molecule has 0 radical (unpaired) electrons. The molecule has 2 aliphatic rings. The molecule has 3 amide bonds. The van der Waals surface area contributed by atoms with E-state index in [4.69, 9.17) is 4.74 Å². The SMILES string of the molecule is CCOc1ccc([C@H]2CCCN2CN2C(=O)N[C@@](Cc3ccccc3)(c3ccccc3)C2=O)cc1. The predicted molar refractivity (Wildman–Crippen MR) is 135 cm³/mol. The maximum Gasteiger partial charge on any atom is 0.326 e. The summed E-state index contributed by atoms with van der Waals surface area (Å²) >= 11 is 0. The van der Waals surface area contributed by atoms with E-state index < -0.39 is 5.54 Å². The summed E-state index contributed by atoms with van der Waals surface area (Å²) < 4.78 is 5.58. The molecule has 3 aromatic carbocycles. The zero-order chi connectivity index (χ0) is 24.3. The Labute approximate surface area is 206 Å². The fourth-order valence-electron chi connectivity index (χ4n) is 5.30. The molecule has 2 atom stereocenters. The molecule has 3 aromatic rings. The van der Waals surface area contributed by atoms with Gasteiger partial charge in [-0.05, 0) is 48.6 Å². The number of hydrogen-bond acceptors (Lipinski definition) is 4. The van der Waals surface area contributed by atoms with Gasteiger partial charge in [0.15, 0.2) is 5.54 Å².